The van der Waals surface area contributed by atoms with Crippen molar-refractivity contribution in [2.75, 3.05) is 13.1 Å². The fraction of sp³-hybridized carbons (Fsp3) is 0.700. The van der Waals surface area contributed by atoms with E-state index in [4.69, 9.17) is 15.1 Å². The third-order valence-corrected chi connectivity index (χ3v) is 1.47. The van der Waals surface area contributed by atoms with Crippen molar-refractivity contribution in [3.05, 3.63) is 0 Å². The van der Waals surface area contributed by atoms with E-state index >= 15 is 0 Å². The highest BCUT2D eigenvalue weighted by molar-refractivity contribution is 5.76. The zero-order valence-corrected chi connectivity index (χ0v) is 9.69. The number of carbonyl (C=O) groups is 2. The van der Waals surface area contributed by atoms with Gasteiger partial charge >= 0.3 is 12.1 Å². The SMILES string of the molecule is CC(C)(C)OC(=O)N(CCC#N)CC(=O)O. The molecule has 1 amide bonds. The van der Waals surface area contributed by atoms with Gasteiger partial charge in [-0.25, -0.2) is 4.79 Å². The summed E-state index contributed by atoms with van der Waals surface area (Å²) in [6.45, 7) is 4.66. The van der Waals surface area contributed by atoms with Gasteiger partial charge in [0.05, 0.1) is 12.5 Å². The van der Waals surface area contributed by atoms with Crippen LogP contribution in [-0.4, -0.2) is 40.8 Å². The molecule has 0 rings (SSSR count). The Kier molecular flexibility index (Phi) is 5.30. The van der Waals surface area contributed by atoms with Gasteiger partial charge in [-0.1, -0.05) is 0 Å². The lowest BCUT2D eigenvalue weighted by molar-refractivity contribution is -0.138. The van der Waals surface area contributed by atoms with Crippen molar-refractivity contribution in [1.29, 1.82) is 5.26 Å². The summed E-state index contributed by atoms with van der Waals surface area (Å²) in [4.78, 5) is 23.0. The molecule has 0 saturated carbocycles. The van der Waals surface area contributed by atoms with Gasteiger partial charge in [0.2, 0.25) is 0 Å². The molecule has 0 bridgehead atoms. The van der Waals surface area contributed by atoms with E-state index in [2.05, 4.69) is 0 Å². The summed E-state index contributed by atoms with van der Waals surface area (Å²) in [6, 6.07) is 1.85. The second-order valence-corrected chi connectivity index (χ2v) is 4.20. The van der Waals surface area contributed by atoms with Crippen molar-refractivity contribution in [3.63, 3.8) is 0 Å². The number of carboxylic acids is 1. The van der Waals surface area contributed by atoms with Crippen LogP contribution < -0.4 is 0 Å². The van der Waals surface area contributed by atoms with Crippen LogP contribution in [-0.2, 0) is 9.53 Å². The van der Waals surface area contributed by atoms with Crippen LogP contribution in [0.2, 0.25) is 0 Å². The highest BCUT2D eigenvalue weighted by Crippen LogP contribution is 2.10. The summed E-state index contributed by atoms with van der Waals surface area (Å²) in [5.74, 6) is -1.14. The molecular formula is C10H16N2O4. The van der Waals surface area contributed by atoms with Crippen LogP contribution in [0.4, 0.5) is 4.79 Å². The van der Waals surface area contributed by atoms with E-state index in [9.17, 15) is 9.59 Å². The maximum Gasteiger partial charge on any atom is 0.410 e. The molecule has 16 heavy (non-hydrogen) atoms. The summed E-state index contributed by atoms with van der Waals surface area (Å²) in [7, 11) is 0. The molecule has 0 spiro atoms. The summed E-state index contributed by atoms with van der Waals surface area (Å²) in [6.07, 6.45) is -0.642. The van der Waals surface area contributed by atoms with E-state index in [1.54, 1.807) is 20.8 Å². The Labute approximate surface area is 94.4 Å². The quantitative estimate of drug-likeness (QED) is 0.781. The van der Waals surface area contributed by atoms with Crippen LogP contribution in [0.15, 0.2) is 0 Å². The van der Waals surface area contributed by atoms with Crippen LogP contribution in [0.5, 0.6) is 0 Å². The molecule has 0 aromatic rings. The number of rotatable bonds is 4. The Bertz CT molecular complexity index is 301. The van der Waals surface area contributed by atoms with E-state index in [-0.39, 0.29) is 13.0 Å². The molecule has 90 valence electrons. The van der Waals surface area contributed by atoms with Crippen molar-refractivity contribution in [2.45, 2.75) is 32.8 Å². The van der Waals surface area contributed by atoms with E-state index in [0.29, 0.717) is 0 Å². The first-order valence-electron chi connectivity index (χ1n) is 4.83. The fourth-order valence-corrected chi connectivity index (χ4v) is 0.910. The normalized spacial score (nSPS) is 10.4. The Hall–Kier alpha value is -1.77. The lowest BCUT2D eigenvalue weighted by Crippen LogP contribution is -2.40. The molecule has 0 aliphatic rings. The molecule has 0 aromatic carbocycles. The van der Waals surface area contributed by atoms with Crippen LogP contribution in [0.25, 0.3) is 0 Å². The lowest BCUT2D eigenvalue weighted by Gasteiger charge is -2.25. The van der Waals surface area contributed by atoms with Crippen molar-refractivity contribution < 1.29 is 19.4 Å². The first kappa shape index (κ1) is 14.2. The monoisotopic (exact) mass is 228 g/mol. The predicted molar refractivity (Wildman–Crippen MR) is 55.7 cm³/mol. The van der Waals surface area contributed by atoms with Gasteiger partial charge in [-0.15, -0.1) is 0 Å². The molecule has 0 aliphatic carbocycles. The predicted octanol–water partition coefficient (Wildman–Crippen LogP) is 1.22. The molecule has 1 N–H and O–H groups in total. The summed E-state index contributed by atoms with van der Waals surface area (Å²) in [5, 5.41) is 17.0. The average molecular weight is 228 g/mol. The smallest absolute Gasteiger partial charge is 0.410 e. The maximum atomic E-state index is 11.5. The van der Waals surface area contributed by atoms with E-state index < -0.39 is 24.2 Å². The summed E-state index contributed by atoms with van der Waals surface area (Å²) >= 11 is 0. The number of nitrogens with zero attached hydrogens (tertiary/aromatic N) is 2. The molecule has 0 unspecified atom stereocenters. The topological polar surface area (TPSA) is 90.6 Å². The van der Waals surface area contributed by atoms with Crippen molar-refractivity contribution in [3.8, 4) is 6.07 Å². The number of amides is 1. The average Bonchev–Trinajstić information content (AvgIpc) is 2.08. The summed E-state index contributed by atoms with van der Waals surface area (Å²) < 4.78 is 5.01. The molecule has 0 saturated heterocycles. The highest BCUT2D eigenvalue weighted by atomic mass is 16.6. The standard InChI is InChI=1S/C10H16N2O4/c1-10(2,3)16-9(15)12(6-4-5-11)7-8(13)14/h4,6-7H2,1-3H3,(H,13,14). The molecule has 0 fully saturated rings. The minimum absolute atomic E-state index is 0.0533. The van der Waals surface area contributed by atoms with E-state index in [0.717, 1.165) is 4.90 Å². The number of aliphatic carboxylic acids is 1. The van der Waals surface area contributed by atoms with E-state index in [1.165, 1.54) is 0 Å². The molecular weight excluding hydrogens is 212 g/mol. The number of ether oxygens (including phenoxy) is 1. The number of carbonyl (C=O) groups excluding carboxylic acids is 1. The highest BCUT2D eigenvalue weighted by Gasteiger charge is 2.23. The Morgan fingerprint density at radius 2 is 2.00 bits per heavy atom. The van der Waals surface area contributed by atoms with Gasteiger partial charge in [-0.2, -0.15) is 5.26 Å². The third-order valence-electron chi connectivity index (χ3n) is 1.47. The molecule has 6 nitrogen and oxygen atoms in total. The van der Waals surface area contributed by atoms with Gasteiger partial charge in [0.25, 0.3) is 0 Å². The number of hydrogen-bond acceptors (Lipinski definition) is 4. The first-order valence-corrected chi connectivity index (χ1v) is 4.83. The van der Waals surface area contributed by atoms with Gasteiger partial charge < -0.3 is 9.84 Å². The maximum absolute atomic E-state index is 11.5. The van der Waals surface area contributed by atoms with Gasteiger partial charge in [-0.3, -0.25) is 9.69 Å². The largest absolute Gasteiger partial charge is 0.480 e. The van der Waals surface area contributed by atoms with E-state index in [1.807, 2.05) is 6.07 Å². The van der Waals surface area contributed by atoms with Gasteiger partial charge in [-0.05, 0) is 20.8 Å². The number of hydrogen-bond donors (Lipinski definition) is 1. The zero-order valence-electron chi connectivity index (χ0n) is 9.69. The van der Waals surface area contributed by atoms with Crippen molar-refractivity contribution >= 4 is 12.1 Å². The van der Waals surface area contributed by atoms with Crippen LogP contribution >= 0.6 is 0 Å². The minimum atomic E-state index is -1.14. The minimum Gasteiger partial charge on any atom is -0.480 e. The lowest BCUT2D eigenvalue weighted by atomic mass is 10.2. The summed E-state index contributed by atoms with van der Waals surface area (Å²) in [5.41, 5.74) is -0.680. The second kappa shape index (κ2) is 5.95. The molecule has 0 heterocycles. The molecule has 0 radical (unpaired) electrons. The van der Waals surface area contributed by atoms with Gasteiger partial charge in [0.15, 0.2) is 0 Å². The Balaban J connectivity index is 4.44. The van der Waals surface area contributed by atoms with Gasteiger partial charge in [0, 0.05) is 6.54 Å². The van der Waals surface area contributed by atoms with Crippen molar-refractivity contribution in [2.24, 2.45) is 0 Å². The van der Waals surface area contributed by atoms with Crippen LogP contribution in [0.3, 0.4) is 0 Å². The fourth-order valence-electron chi connectivity index (χ4n) is 0.910. The first-order chi connectivity index (χ1) is 7.26. The second-order valence-electron chi connectivity index (χ2n) is 4.20. The molecule has 0 aliphatic heterocycles. The van der Waals surface area contributed by atoms with Crippen LogP contribution in [0, 0.1) is 11.3 Å². The number of carboxylic acid groups (broad SMARTS) is 1. The number of nitriles is 1. The Morgan fingerprint density at radius 1 is 1.44 bits per heavy atom. The van der Waals surface area contributed by atoms with Crippen LogP contribution in [0.1, 0.15) is 27.2 Å². The third kappa shape index (κ3) is 6.65. The molecule has 0 aromatic heterocycles. The zero-order chi connectivity index (χ0) is 12.8. The molecule has 6 heteroatoms. The Morgan fingerprint density at radius 3 is 2.38 bits per heavy atom. The molecule has 0 atom stereocenters. The van der Waals surface area contributed by atoms with Crippen molar-refractivity contribution in [1.82, 2.24) is 4.90 Å². The van der Waals surface area contributed by atoms with Gasteiger partial charge in [0.1, 0.15) is 12.1 Å².